The van der Waals surface area contributed by atoms with Crippen molar-refractivity contribution in [1.82, 2.24) is 10.2 Å². The molecule has 0 saturated carbocycles. The van der Waals surface area contributed by atoms with Crippen molar-refractivity contribution >= 4 is 0 Å². The van der Waals surface area contributed by atoms with Gasteiger partial charge in [0.05, 0.1) is 0 Å². The van der Waals surface area contributed by atoms with Gasteiger partial charge in [-0.3, -0.25) is 4.90 Å². The number of hydrogen-bond donors (Lipinski definition) is 1. The highest BCUT2D eigenvalue weighted by molar-refractivity contribution is 4.91. The molecule has 2 heteroatoms. The van der Waals surface area contributed by atoms with E-state index >= 15 is 0 Å². The minimum atomic E-state index is 0.385. The molecule has 0 aromatic heterocycles. The fraction of sp³-hybridized carbons (Fsp3) is 1.00. The van der Waals surface area contributed by atoms with Crippen LogP contribution in [0.1, 0.15) is 65.2 Å². The molecule has 2 aliphatic rings. The van der Waals surface area contributed by atoms with E-state index in [2.05, 4.69) is 24.1 Å². The van der Waals surface area contributed by atoms with E-state index in [9.17, 15) is 0 Å². The highest BCUT2D eigenvalue weighted by Gasteiger charge is 2.31. The summed E-state index contributed by atoms with van der Waals surface area (Å²) in [4.78, 5) is 2.78. The van der Waals surface area contributed by atoms with Crippen molar-refractivity contribution < 1.29 is 0 Å². The lowest BCUT2D eigenvalue weighted by Crippen LogP contribution is -2.55. The number of nitrogens with one attached hydrogen (secondary N) is 1. The van der Waals surface area contributed by atoms with Crippen molar-refractivity contribution in [3.8, 4) is 0 Å². The largest absolute Gasteiger partial charge is 0.310 e. The third-order valence-electron chi connectivity index (χ3n) is 4.73. The normalized spacial score (nSPS) is 36.7. The summed E-state index contributed by atoms with van der Waals surface area (Å²) in [5, 5.41) is 3.77. The lowest BCUT2D eigenvalue weighted by Gasteiger charge is -2.41. The minimum absolute atomic E-state index is 0.385. The van der Waals surface area contributed by atoms with Crippen LogP contribution in [-0.2, 0) is 0 Å². The lowest BCUT2D eigenvalue weighted by atomic mass is 9.89. The maximum atomic E-state index is 3.77. The molecular formula is C15H30N2. The van der Waals surface area contributed by atoms with Gasteiger partial charge in [-0.1, -0.05) is 26.2 Å². The maximum absolute atomic E-state index is 3.77. The molecule has 0 spiro atoms. The molecular weight excluding hydrogens is 208 g/mol. The molecule has 2 fully saturated rings. The summed E-state index contributed by atoms with van der Waals surface area (Å²) in [6.07, 6.45) is 11.2. The first-order valence-corrected chi connectivity index (χ1v) is 7.72. The molecule has 0 aromatic rings. The number of rotatable bonds is 3. The molecule has 0 aromatic carbocycles. The van der Waals surface area contributed by atoms with E-state index in [4.69, 9.17) is 0 Å². The average molecular weight is 238 g/mol. The van der Waals surface area contributed by atoms with E-state index in [-0.39, 0.29) is 0 Å². The number of piperidine rings is 1. The first-order chi connectivity index (χ1) is 8.23. The van der Waals surface area contributed by atoms with E-state index in [1.807, 2.05) is 0 Å². The predicted octanol–water partition coefficient (Wildman–Crippen LogP) is 3.17. The van der Waals surface area contributed by atoms with E-state index in [1.54, 1.807) is 0 Å². The summed E-state index contributed by atoms with van der Waals surface area (Å²) < 4.78 is 0. The number of nitrogens with zero attached hydrogens (tertiary/aromatic N) is 1. The van der Waals surface area contributed by atoms with Gasteiger partial charge >= 0.3 is 0 Å². The lowest BCUT2D eigenvalue weighted by molar-refractivity contribution is 0.122. The summed E-state index contributed by atoms with van der Waals surface area (Å²) in [5.74, 6) is 0. The van der Waals surface area contributed by atoms with Crippen molar-refractivity contribution in [1.29, 1.82) is 0 Å². The first-order valence-electron chi connectivity index (χ1n) is 7.72. The Labute approximate surface area is 107 Å². The summed E-state index contributed by atoms with van der Waals surface area (Å²) >= 11 is 0. The fourth-order valence-electron chi connectivity index (χ4n) is 3.61. The van der Waals surface area contributed by atoms with Crippen LogP contribution in [0.2, 0.25) is 0 Å². The molecule has 1 N–H and O–H groups in total. The fourth-order valence-corrected chi connectivity index (χ4v) is 3.61. The van der Waals surface area contributed by atoms with Crippen LogP contribution in [0.4, 0.5) is 0 Å². The topological polar surface area (TPSA) is 15.3 Å². The zero-order valence-corrected chi connectivity index (χ0v) is 11.8. The van der Waals surface area contributed by atoms with E-state index in [1.165, 1.54) is 71.0 Å². The van der Waals surface area contributed by atoms with Crippen LogP contribution >= 0.6 is 0 Å². The highest BCUT2D eigenvalue weighted by atomic mass is 15.2. The molecule has 2 aliphatic heterocycles. The van der Waals surface area contributed by atoms with Crippen LogP contribution in [0, 0.1) is 0 Å². The van der Waals surface area contributed by atoms with E-state index < -0.39 is 0 Å². The molecule has 0 radical (unpaired) electrons. The van der Waals surface area contributed by atoms with Gasteiger partial charge in [-0.05, 0) is 52.1 Å². The van der Waals surface area contributed by atoms with Gasteiger partial charge in [0, 0.05) is 18.1 Å². The van der Waals surface area contributed by atoms with E-state index in [0.717, 1.165) is 6.04 Å². The van der Waals surface area contributed by atoms with Crippen LogP contribution in [-0.4, -0.2) is 36.1 Å². The molecule has 0 bridgehead atoms. The second kappa shape index (κ2) is 6.19. The molecule has 2 nitrogen and oxygen atoms in total. The highest BCUT2D eigenvalue weighted by Crippen LogP contribution is 2.25. The Morgan fingerprint density at radius 1 is 1.18 bits per heavy atom. The van der Waals surface area contributed by atoms with Crippen LogP contribution in [0.3, 0.4) is 0 Å². The van der Waals surface area contributed by atoms with Crippen LogP contribution in [0.25, 0.3) is 0 Å². The Hall–Kier alpha value is -0.0800. The zero-order valence-electron chi connectivity index (χ0n) is 11.8. The van der Waals surface area contributed by atoms with Gasteiger partial charge in [0.15, 0.2) is 0 Å². The van der Waals surface area contributed by atoms with E-state index in [0.29, 0.717) is 5.54 Å². The van der Waals surface area contributed by atoms with Crippen molar-refractivity contribution in [2.45, 2.75) is 76.8 Å². The molecule has 2 rings (SSSR count). The first kappa shape index (κ1) is 13.4. The summed E-state index contributed by atoms with van der Waals surface area (Å²) in [7, 11) is 0. The van der Waals surface area contributed by atoms with Gasteiger partial charge < -0.3 is 5.32 Å². The van der Waals surface area contributed by atoms with Crippen LogP contribution in [0.15, 0.2) is 0 Å². The second-order valence-electron chi connectivity index (χ2n) is 6.33. The number of likely N-dealkylation sites (tertiary alicyclic amines) is 1. The molecule has 2 atom stereocenters. The molecule has 17 heavy (non-hydrogen) atoms. The molecule has 2 saturated heterocycles. The maximum Gasteiger partial charge on any atom is 0.0280 e. The monoisotopic (exact) mass is 238 g/mol. The summed E-state index contributed by atoms with van der Waals surface area (Å²) in [6.45, 7) is 8.62. The molecule has 2 unspecified atom stereocenters. The second-order valence-corrected chi connectivity index (χ2v) is 6.33. The summed E-state index contributed by atoms with van der Waals surface area (Å²) in [6, 6.07) is 0.845. The molecule has 0 amide bonds. The number of hydrogen-bond acceptors (Lipinski definition) is 2. The predicted molar refractivity (Wildman–Crippen MR) is 74.4 cm³/mol. The molecule has 2 heterocycles. The van der Waals surface area contributed by atoms with Gasteiger partial charge in [-0.15, -0.1) is 0 Å². The van der Waals surface area contributed by atoms with Crippen molar-refractivity contribution in [2.24, 2.45) is 0 Å². The van der Waals surface area contributed by atoms with Gasteiger partial charge in [-0.2, -0.15) is 0 Å². The standard InChI is InChI=1S/C15H30N2/c1-3-14-9-5-4-8-12-17(14)13-15(2)10-6-7-11-16-15/h14,16H,3-13H2,1-2H3. The SMILES string of the molecule is CCC1CCCCCN1CC1(C)CCCCN1. The van der Waals surface area contributed by atoms with Crippen molar-refractivity contribution in [3.63, 3.8) is 0 Å². The quantitative estimate of drug-likeness (QED) is 0.812. The van der Waals surface area contributed by atoms with Crippen LogP contribution in [0.5, 0.6) is 0 Å². The third kappa shape index (κ3) is 3.69. The smallest absolute Gasteiger partial charge is 0.0280 e. The van der Waals surface area contributed by atoms with Gasteiger partial charge in [-0.25, -0.2) is 0 Å². The molecule has 100 valence electrons. The Bertz CT molecular complexity index is 221. The Kier molecular flexibility index (Phi) is 4.87. The Morgan fingerprint density at radius 2 is 2.06 bits per heavy atom. The van der Waals surface area contributed by atoms with Crippen molar-refractivity contribution in [2.75, 3.05) is 19.6 Å². The van der Waals surface area contributed by atoms with Gasteiger partial charge in [0.1, 0.15) is 0 Å². The zero-order chi connectivity index (χ0) is 12.1. The molecule has 0 aliphatic carbocycles. The third-order valence-corrected chi connectivity index (χ3v) is 4.73. The van der Waals surface area contributed by atoms with Crippen molar-refractivity contribution in [3.05, 3.63) is 0 Å². The van der Waals surface area contributed by atoms with Crippen LogP contribution < -0.4 is 5.32 Å². The average Bonchev–Trinajstić information content (AvgIpc) is 2.54. The summed E-state index contributed by atoms with van der Waals surface area (Å²) in [5.41, 5.74) is 0.385. The minimum Gasteiger partial charge on any atom is -0.310 e. The van der Waals surface area contributed by atoms with Gasteiger partial charge in [0.2, 0.25) is 0 Å². The Balaban J connectivity index is 1.93. The Morgan fingerprint density at radius 3 is 2.76 bits per heavy atom. The van der Waals surface area contributed by atoms with Gasteiger partial charge in [0.25, 0.3) is 0 Å².